The van der Waals surface area contributed by atoms with Crippen molar-refractivity contribution in [1.82, 2.24) is 0 Å². The Hall–Kier alpha value is 0.238. The zero-order valence-electron chi connectivity index (χ0n) is 7.73. The van der Waals surface area contributed by atoms with Crippen molar-refractivity contribution in [3.63, 3.8) is 0 Å². The molecule has 0 aliphatic carbocycles. The van der Waals surface area contributed by atoms with E-state index in [2.05, 4.69) is 40.2 Å². The summed E-state index contributed by atoms with van der Waals surface area (Å²) in [7, 11) is 0. The first-order chi connectivity index (χ1) is 7.93. The van der Waals surface area contributed by atoms with Gasteiger partial charge in [0, 0.05) is 0 Å². The summed E-state index contributed by atoms with van der Waals surface area (Å²) < 4.78 is 17.7. The van der Waals surface area contributed by atoms with Gasteiger partial charge in [0.1, 0.15) is 0 Å². The van der Waals surface area contributed by atoms with E-state index in [1.54, 1.807) is 0 Å². The zero-order valence-corrected chi connectivity index (χ0v) is 14.6. The van der Waals surface area contributed by atoms with Crippen molar-refractivity contribution in [2.24, 2.45) is 15.9 Å². The van der Waals surface area contributed by atoms with Crippen molar-refractivity contribution < 1.29 is 0 Å². The summed E-state index contributed by atoms with van der Waals surface area (Å²) in [6.45, 7) is 0. The zero-order chi connectivity index (χ0) is 10.8. The molecule has 0 atom stereocenters. The molecule has 0 N–H and O–H groups in total. The predicted octanol–water partition coefficient (Wildman–Crippen LogP) is 0.0510. The first-order valence-electron chi connectivity index (χ1n) is 4.28. The fraction of sp³-hybridized carbons (Fsp3) is 0. The molecule has 80 valence electrons. The molecular weight excluding hydrogens is 468 g/mol. The summed E-state index contributed by atoms with van der Waals surface area (Å²) >= 11 is 1.54. The summed E-state index contributed by atoms with van der Waals surface area (Å²) in [4.78, 5) is 0. The number of hydrogen-bond acceptors (Lipinski definition) is 4. The molecule has 2 aliphatic rings. The van der Waals surface area contributed by atoms with E-state index in [1.807, 2.05) is 0 Å². The Morgan fingerprint density at radius 2 is 1.12 bits per heavy atom. The molecule has 2 radical (unpaired) electrons. The first-order valence-corrected chi connectivity index (χ1v) is 16.0. The van der Waals surface area contributed by atoms with Gasteiger partial charge in [0.2, 0.25) is 0 Å². The van der Waals surface area contributed by atoms with Crippen LogP contribution in [0.2, 0.25) is 0 Å². The third-order valence-electron chi connectivity index (χ3n) is 1.96. The number of hydrogen-bond donors (Lipinski definition) is 0. The standard InChI is InChI=1S/C8H4N4Se4/c1-2-6(8-11-15-16-12-8)4-3-5(1)7-9-13-14-10-7/h1-4H. The molecule has 1 aromatic carbocycles. The topological polar surface area (TPSA) is 49.4 Å². The number of amidine groups is 2. The Morgan fingerprint density at radius 1 is 0.688 bits per heavy atom. The van der Waals surface area contributed by atoms with Gasteiger partial charge in [-0.05, 0) is 0 Å². The van der Waals surface area contributed by atoms with Gasteiger partial charge >= 0.3 is 116 Å². The normalized spacial score (nSPS) is 17.8. The molecule has 0 saturated carbocycles. The maximum atomic E-state index is 4.43. The Morgan fingerprint density at radius 3 is 1.44 bits per heavy atom. The minimum absolute atomic E-state index is 0.386. The van der Waals surface area contributed by atoms with Crippen LogP contribution in [0.1, 0.15) is 11.1 Å². The third-order valence-corrected chi connectivity index (χ3v) is 9.02. The van der Waals surface area contributed by atoms with Crippen LogP contribution in [0.5, 0.6) is 0 Å². The van der Waals surface area contributed by atoms with Crippen LogP contribution in [0.25, 0.3) is 0 Å². The van der Waals surface area contributed by atoms with E-state index in [9.17, 15) is 0 Å². The summed E-state index contributed by atoms with van der Waals surface area (Å²) in [6.07, 6.45) is 0. The average Bonchev–Trinajstić information content (AvgIpc) is 3.03. The van der Waals surface area contributed by atoms with Crippen LogP contribution in [0.4, 0.5) is 0 Å². The van der Waals surface area contributed by atoms with Gasteiger partial charge in [0.05, 0.1) is 0 Å². The molecule has 0 spiro atoms. The third kappa shape index (κ3) is 2.40. The van der Waals surface area contributed by atoms with Gasteiger partial charge in [-0.15, -0.1) is 0 Å². The van der Waals surface area contributed by atoms with E-state index in [4.69, 9.17) is 0 Å². The van der Waals surface area contributed by atoms with Crippen LogP contribution in [0.15, 0.2) is 40.2 Å². The van der Waals surface area contributed by atoms with Crippen molar-refractivity contribution in [1.29, 1.82) is 0 Å². The van der Waals surface area contributed by atoms with Crippen LogP contribution in [-0.4, -0.2) is 64.2 Å². The van der Waals surface area contributed by atoms with Gasteiger partial charge in [-0.3, -0.25) is 0 Å². The predicted molar refractivity (Wildman–Crippen MR) is 67.4 cm³/mol. The molecule has 0 saturated heterocycles. The van der Waals surface area contributed by atoms with Gasteiger partial charge in [-0.2, -0.15) is 0 Å². The van der Waals surface area contributed by atoms with Crippen LogP contribution < -0.4 is 0 Å². The van der Waals surface area contributed by atoms with Gasteiger partial charge < -0.3 is 0 Å². The quantitative estimate of drug-likeness (QED) is 0.547. The fourth-order valence-electron chi connectivity index (χ4n) is 1.22. The van der Waals surface area contributed by atoms with E-state index < -0.39 is 0 Å². The van der Waals surface area contributed by atoms with Gasteiger partial charge in [-0.25, -0.2) is 0 Å². The SMILES string of the molecule is c1cc(C2=N[Se][Se]=N2)ccc1C1=N[Se][Se]=N1. The van der Waals surface area contributed by atoms with Crippen LogP contribution >= 0.6 is 0 Å². The molecule has 0 unspecified atom stereocenters. The van der Waals surface area contributed by atoms with Gasteiger partial charge in [0.25, 0.3) is 0 Å². The molecule has 0 fully saturated rings. The van der Waals surface area contributed by atoms with Crippen molar-refractivity contribution in [2.45, 2.75) is 0 Å². The Bertz CT molecular complexity index is 482. The Balaban J connectivity index is 1.90. The average molecular weight is 472 g/mol. The number of nitrogens with zero attached hydrogens (tertiary/aromatic N) is 4. The fourth-order valence-corrected chi connectivity index (χ4v) is 8.38. The van der Waals surface area contributed by atoms with Crippen LogP contribution in [-0.2, 0) is 0 Å². The van der Waals surface area contributed by atoms with E-state index >= 15 is 0 Å². The number of benzene rings is 1. The molecular formula is C8H4N4Se4. The molecule has 4 nitrogen and oxygen atoms in total. The second-order valence-corrected chi connectivity index (χ2v) is 12.2. The maximum absolute atomic E-state index is 4.43. The molecule has 2 heterocycles. The van der Waals surface area contributed by atoms with Crippen molar-refractivity contribution >= 4 is 64.2 Å². The molecule has 3 rings (SSSR count). The van der Waals surface area contributed by atoms with Crippen molar-refractivity contribution in [3.8, 4) is 0 Å². The molecule has 16 heavy (non-hydrogen) atoms. The monoisotopic (exact) mass is 476 g/mol. The van der Waals surface area contributed by atoms with E-state index in [0.29, 0.717) is 52.6 Å². The van der Waals surface area contributed by atoms with Crippen LogP contribution in [0, 0.1) is 0 Å². The van der Waals surface area contributed by atoms with E-state index in [0.717, 1.165) is 22.8 Å². The van der Waals surface area contributed by atoms with Crippen LogP contribution in [0.3, 0.4) is 0 Å². The number of rotatable bonds is 2. The summed E-state index contributed by atoms with van der Waals surface area (Å²) in [6, 6.07) is 8.30. The molecule has 8 heteroatoms. The van der Waals surface area contributed by atoms with Gasteiger partial charge in [-0.1, -0.05) is 0 Å². The van der Waals surface area contributed by atoms with Gasteiger partial charge in [0.15, 0.2) is 0 Å². The van der Waals surface area contributed by atoms with Crippen molar-refractivity contribution in [3.05, 3.63) is 35.4 Å². The molecule has 0 amide bonds. The molecule has 0 aromatic heterocycles. The second-order valence-electron chi connectivity index (χ2n) is 2.89. The molecule has 1 aromatic rings. The van der Waals surface area contributed by atoms with E-state index in [-0.39, 0.29) is 0 Å². The first kappa shape index (κ1) is 11.3. The summed E-state index contributed by atoms with van der Waals surface area (Å²) in [5.41, 5.74) is 2.25. The summed E-state index contributed by atoms with van der Waals surface area (Å²) in [5, 5.41) is 0. The Labute approximate surface area is 115 Å². The second kappa shape index (κ2) is 5.26. The minimum atomic E-state index is 0.386. The van der Waals surface area contributed by atoms with E-state index in [1.165, 1.54) is 0 Å². The Kier molecular flexibility index (Phi) is 3.73. The van der Waals surface area contributed by atoms with Crippen molar-refractivity contribution in [2.75, 3.05) is 0 Å². The molecule has 2 aliphatic heterocycles. The summed E-state index contributed by atoms with van der Waals surface area (Å²) in [5.74, 6) is 1.87. The molecule has 0 bridgehead atoms.